The largest absolute Gasteiger partial charge is 0.483 e. The normalized spacial score (nSPS) is 13.2. The molecule has 0 aliphatic heterocycles. The van der Waals surface area contributed by atoms with E-state index < -0.39 is 23.5 Å². The number of amides is 1. The molecule has 1 heterocycles. The van der Waals surface area contributed by atoms with Crippen LogP contribution in [0.15, 0.2) is 45.6 Å². The lowest BCUT2D eigenvalue weighted by atomic mass is 9.99. The Balaban J connectivity index is 1.83. The van der Waals surface area contributed by atoms with Crippen LogP contribution in [-0.4, -0.2) is 29.6 Å². The number of carboxylic acid groups (broad SMARTS) is 1. The van der Waals surface area contributed by atoms with Crippen LogP contribution in [0.25, 0.3) is 21.7 Å². The van der Waals surface area contributed by atoms with Crippen molar-refractivity contribution < 1.29 is 23.8 Å². The third-order valence-corrected chi connectivity index (χ3v) is 5.14. The third-order valence-electron chi connectivity index (χ3n) is 5.14. The number of hydrogen-bond donors (Lipinski definition) is 2. The molecule has 2 atom stereocenters. The van der Waals surface area contributed by atoms with Crippen LogP contribution in [0.3, 0.4) is 0 Å². The number of rotatable bonds is 7. The Hall–Kier alpha value is -3.35. The summed E-state index contributed by atoms with van der Waals surface area (Å²) in [5.41, 5.74) is 0.549. The van der Waals surface area contributed by atoms with Crippen molar-refractivity contribution in [2.75, 3.05) is 6.61 Å². The summed E-state index contributed by atoms with van der Waals surface area (Å²) in [6, 6.07) is 9.70. The number of aryl methyl sites for hydroxylation is 1. The van der Waals surface area contributed by atoms with Crippen molar-refractivity contribution in [1.29, 1.82) is 0 Å². The predicted octanol–water partition coefficient (Wildman–Crippen LogP) is 3.25. The predicted molar refractivity (Wildman–Crippen MR) is 109 cm³/mol. The number of ether oxygens (including phenoxy) is 1. The molecule has 3 aromatic rings. The van der Waals surface area contributed by atoms with Crippen LogP contribution < -0.4 is 15.7 Å². The molecular formula is C22H23NO6. The van der Waals surface area contributed by atoms with Gasteiger partial charge in [0.25, 0.3) is 5.91 Å². The molecule has 1 amide bonds. The van der Waals surface area contributed by atoms with Crippen LogP contribution in [0, 0.1) is 12.8 Å². The first-order chi connectivity index (χ1) is 13.8. The van der Waals surface area contributed by atoms with Gasteiger partial charge in [0.1, 0.15) is 17.4 Å². The first-order valence-corrected chi connectivity index (χ1v) is 9.43. The van der Waals surface area contributed by atoms with Crippen LogP contribution >= 0.6 is 0 Å². The van der Waals surface area contributed by atoms with Crippen molar-refractivity contribution >= 4 is 33.6 Å². The van der Waals surface area contributed by atoms with Gasteiger partial charge in [-0.05, 0) is 36.4 Å². The van der Waals surface area contributed by atoms with Crippen LogP contribution in [0.5, 0.6) is 5.75 Å². The second-order valence-electron chi connectivity index (χ2n) is 7.06. The van der Waals surface area contributed by atoms with Crippen LogP contribution in [0.4, 0.5) is 0 Å². The van der Waals surface area contributed by atoms with Crippen LogP contribution in [0.1, 0.15) is 25.8 Å². The van der Waals surface area contributed by atoms with E-state index in [9.17, 15) is 19.5 Å². The Morgan fingerprint density at radius 1 is 1.14 bits per heavy atom. The fourth-order valence-corrected chi connectivity index (χ4v) is 3.26. The summed E-state index contributed by atoms with van der Waals surface area (Å²) in [5.74, 6) is -1.43. The minimum Gasteiger partial charge on any atom is -0.483 e. The number of carbonyl (C=O) groups excluding carboxylic acids is 1. The Morgan fingerprint density at radius 3 is 2.48 bits per heavy atom. The van der Waals surface area contributed by atoms with Gasteiger partial charge in [0.05, 0.1) is 5.39 Å². The van der Waals surface area contributed by atoms with E-state index in [-0.39, 0.29) is 12.5 Å². The topological polar surface area (TPSA) is 106 Å². The monoisotopic (exact) mass is 397 g/mol. The Labute approximate surface area is 167 Å². The Morgan fingerprint density at radius 2 is 1.83 bits per heavy atom. The molecule has 0 saturated heterocycles. The number of carbonyl (C=O) groups is 2. The van der Waals surface area contributed by atoms with Crippen molar-refractivity contribution in [3.8, 4) is 5.75 Å². The maximum atomic E-state index is 12.3. The molecule has 7 heteroatoms. The fourth-order valence-electron chi connectivity index (χ4n) is 3.26. The van der Waals surface area contributed by atoms with E-state index in [1.54, 1.807) is 38.1 Å². The summed E-state index contributed by atoms with van der Waals surface area (Å²) >= 11 is 0. The first-order valence-electron chi connectivity index (χ1n) is 9.43. The molecule has 2 aromatic carbocycles. The number of fused-ring (bicyclic) bond motifs is 3. The van der Waals surface area contributed by atoms with E-state index in [2.05, 4.69) is 5.32 Å². The van der Waals surface area contributed by atoms with Gasteiger partial charge < -0.3 is 19.6 Å². The average Bonchev–Trinajstić information content (AvgIpc) is 2.71. The van der Waals surface area contributed by atoms with Crippen LogP contribution in [0.2, 0.25) is 0 Å². The summed E-state index contributed by atoms with van der Waals surface area (Å²) in [6.07, 6.45) is 0.620. The highest BCUT2D eigenvalue weighted by Crippen LogP contribution is 2.30. The average molecular weight is 397 g/mol. The minimum atomic E-state index is -1.08. The van der Waals surface area contributed by atoms with Gasteiger partial charge in [0.15, 0.2) is 6.61 Å². The summed E-state index contributed by atoms with van der Waals surface area (Å²) in [7, 11) is 0. The quantitative estimate of drug-likeness (QED) is 0.468. The zero-order chi connectivity index (χ0) is 21.1. The second-order valence-corrected chi connectivity index (χ2v) is 7.06. The van der Waals surface area contributed by atoms with Gasteiger partial charge >= 0.3 is 11.6 Å². The summed E-state index contributed by atoms with van der Waals surface area (Å²) in [5, 5.41) is 13.8. The molecule has 0 radical (unpaired) electrons. The molecule has 29 heavy (non-hydrogen) atoms. The van der Waals surface area contributed by atoms with Gasteiger partial charge in [-0.1, -0.05) is 38.5 Å². The zero-order valence-corrected chi connectivity index (χ0v) is 16.5. The van der Waals surface area contributed by atoms with Crippen molar-refractivity contribution in [3.05, 3.63) is 52.4 Å². The molecule has 0 unspecified atom stereocenters. The summed E-state index contributed by atoms with van der Waals surface area (Å²) in [4.78, 5) is 35.8. The molecule has 152 valence electrons. The Kier molecular flexibility index (Phi) is 5.87. The lowest BCUT2D eigenvalue weighted by Crippen LogP contribution is -2.46. The highest BCUT2D eigenvalue weighted by molar-refractivity contribution is 6.05. The van der Waals surface area contributed by atoms with E-state index in [1.807, 2.05) is 19.1 Å². The van der Waals surface area contributed by atoms with Crippen molar-refractivity contribution in [3.63, 3.8) is 0 Å². The molecule has 0 bridgehead atoms. The number of aliphatic carboxylic acids is 1. The molecule has 2 N–H and O–H groups in total. The molecule has 3 rings (SSSR count). The molecule has 0 fully saturated rings. The third kappa shape index (κ3) is 4.08. The van der Waals surface area contributed by atoms with Crippen molar-refractivity contribution in [2.45, 2.75) is 33.2 Å². The minimum absolute atomic E-state index is 0.207. The van der Waals surface area contributed by atoms with E-state index >= 15 is 0 Å². The molecule has 0 aliphatic rings. The molecule has 0 spiro atoms. The lowest BCUT2D eigenvalue weighted by molar-refractivity contribution is -0.143. The number of benzene rings is 2. The van der Waals surface area contributed by atoms with E-state index in [4.69, 9.17) is 9.15 Å². The van der Waals surface area contributed by atoms with Gasteiger partial charge in [-0.3, -0.25) is 4.79 Å². The van der Waals surface area contributed by atoms with Gasteiger partial charge in [-0.25, -0.2) is 9.59 Å². The summed E-state index contributed by atoms with van der Waals surface area (Å²) in [6.45, 7) is 5.02. The van der Waals surface area contributed by atoms with E-state index in [1.165, 1.54) is 0 Å². The molecule has 0 saturated carbocycles. The Bertz CT molecular complexity index is 1130. The van der Waals surface area contributed by atoms with E-state index in [0.717, 1.165) is 10.8 Å². The zero-order valence-electron chi connectivity index (χ0n) is 16.5. The number of hydrogen-bond acceptors (Lipinski definition) is 5. The highest BCUT2D eigenvalue weighted by atomic mass is 16.5. The lowest BCUT2D eigenvalue weighted by Gasteiger charge is -2.20. The first kappa shape index (κ1) is 20.4. The summed E-state index contributed by atoms with van der Waals surface area (Å²) < 4.78 is 11.1. The molecule has 0 aliphatic carbocycles. The SMILES string of the molecule is CC[C@@H](C)[C@H](NC(=O)COc1ccc2c(oc(=O)c3ccccc32)c1C)C(=O)O. The van der Waals surface area contributed by atoms with Crippen molar-refractivity contribution in [2.24, 2.45) is 5.92 Å². The van der Waals surface area contributed by atoms with Gasteiger partial charge in [-0.2, -0.15) is 0 Å². The van der Waals surface area contributed by atoms with Gasteiger partial charge in [-0.15, -0.1) is 0 Å². The van der Waals surface area contributed by atoms with Gasteiger partial charge in [0.2, 0.25) is 0 Å². The standard InChI is InChI=1S/C22H23NO6/c1-4-12(2)19(21(25)26)23-18(24)11-28-17-10-9-15-14-7-5-6-8-16(14)22(27)29-20(15)13(17)3/h5-10,12,19H,4,11H2,1-3H3,(H,23,24)(H,25,26)/t12-,19+/m1/s1. The van der Waals surface area contributed by atoms with Crippen LogP contribution in [-0.2, 0) is 9.59 Å². The second kappa shape index (κ2) is 8.34. The fraction of sp³-hybridized carbons (Fsp3) is 0.318. The highest BCUT2D eigenvalue weighted by Gasteiger charge is 2.25. The van der Waals surface area contributed by atoms with E-state index in [0.29, 0.717) is 28.7 Å². The van der Waals surface area contributed by atoms with Crippen molar-refractivity contribution in [1.82, 2.24) is 5.32 Å². The number of carboxylic acids is 1. The van der Waals surface area contributed by atoms with Gasteiger partial charge in [0, 0.05) is 10.9 Å². The number of nitrogens with one attached hydrogen (secondary N) is 1. The maximum absolute atomic E-state index is 12.3. The molecular weight excluding hydrogens is 374 g/mol. The molecule has 7 nitrogen and oxygen atoms in total. The maximum Gasteiger partial charge on any atom is 0.344 e. The molecule has 1 aromatic heterocycles. The smallest absolute Gasteiger partial charge is 0.344 e.